The lowest BCUT2D eigenvalue weighted by molar-refractivity contribution is -0.351. The number of benzene rings is 2. The molecule has 4 heterocycles. The standard InChI is InChI=1S/C38H48O22/c1-4-12(2)35(52)58-34-32(59-36-29(50)27(48)24(45)20(10-39)56-36)23(44)13(3)53-38(34)54-15-8-18(43)22-19(9-15)55-31(14-5-6-16(41)17(42)7-14)33(26(22)47)60-37-30(51)28(49)25(46)21(11-40)57-37/h5-9,12-13,20-21,23-25,27-30,32,34,36-46,48-51H,4,10-11H2,1-3H3/t12-,13-,20+,21-,23-,24+,25-,27-,28+,29+,30-,32+,34+,36-,37+,38-/m0/s1. The number of fused-ring (bicyclic) bond motifs is 1. The first-order chi connectivity index (χ1) is 28.4. The quantitative estimate of drug-likeness (QED) is 0.0655. The van der Waals surface area contributed by atoms with Gasteiger partial charge in [0, 0.05) is 17.7 Å². The minimum atomic E-state index is -1.99. The fraction of sp³-hybridized carbons (Fsp3) is 0.579. The van der Waals surface area contributed by atoms with Crippen molar-refractivity contribution in [2.45, 2.75) is 119 Å². The van der Waals surface area contributed by atoms with Crippen molar-refractivity contribution < 1.29 is 104 Å². The van der Waals surface area contributed by atoms with Crippen molar-refractivity contribution in [3.8, 4) is 40.1 Å². The van der Waals surface area contributed by atoms with Crippen LogP contribution in [0.15, 0.2) is 39.5 Å². The molecule has 1 aromatic heterocycles. The lowest BCUT2D eigenvalue weighted by Crippen LogP contribution is -2.65. The summed E-state index contributed by atoms with van der Waals surface area (Å²) in [4.78, 5) is 27.4. The molecule has 3 aliphatic rings. The summed E-state index contributed by atoms with van der Waals surface area (Å²) in [5.74, 6) is -5.10. The Morgan fingerprint density at radius 2 is 1.33 bits per heavy atom. The molecule has 22 heteroatoms. The van der Waals surface area contributed by atoms with Gasteiger partial charge in [0.25, 0.3) is 0 Å². The van der Waals surface area contributed by atoms with Crippen LogP contribution in [-0.4, -0.2) is 173 Å². The molecule has 12 N–H and O–H groups in total. The number of hydrogen-bond acceptors (Lipinski definition) is 22. The van der Waals surface area contributed by atoms with Crippen LogP contribution in [0.5, 0.6) is 28.7 Å². The Labute approximate surface area is 339 Å². The molecule has 0 spiro atoms. The third-order valence-electron chi connectivity index (χ3n) is 10.6. The van der Waals surface area contributed by atoms with E-state index >= 15 is 0 Å². The highest BCUT2D eigenvalue weighted by molar-refractivity contribution is 5.88. The van der Waals surface area contributed by atoms with Crippen molar-refractivity contribution in [2.75, 3.05) is 13.2 Å². The smallest absolute Gasteiger partial charge is 0.309 e. The van der Waals surface area contributed by atoms with Gasteiger partial charge in [-0.1, -0.05) is 13.8 Å². The monoisotopic (exact) mass is 856 g/mol. The molecule has 0 radical (unpaired) electrons. The highest BCUT2D eigenvalue weighted by atomic mass is 16.7. The summed E-state index contributed by atoms with van der Waals surface area (Å²) in [5, 5.41) is 124. The van der Waals surface area contributed by atoms with Gasteiger partial charge >= 0.3 is 5.97 Å². The maximum atomic E-state index is 14.2. The van der Waals surface area contributed by atoms with Gasteiger partial charge in [0.2, 0.25) is 23.8 Å². The van der Waals surface area contributed by atoms with E-state index in [-0.39, 0.29) is 11.3 Å². The molecule has 0 bridgehead atoms. The van der Waals surface area contributed by atoms with Crippen molar-refractivity contribution in [3.63, 3.8) is 0 Å². The molecule has 3 fully saturated rings. The first-order valence-corrected chi connectivity index (χ1v) is 18.9. The Kier molecular flexibility index (Phi) is 13.8. The van der Waals surface area contributed by atoms with E-state index in [0.29, 0.717) is 6.42 Å². The zero-order valence-corrected chi connectivity index (χ0v) is 32.2. The predicted octanol–water partition coefficient (Wildman–Crippen LogP) is -2.62. The number of carbonyl (C=O) groups excluding carboxylic acids is 1. The highest BCUT2D eigenvalue weighted by Crippen LogP contribution is 2.41. The first kappa shape index (κ1) is 45.1. The number of rotatable bonds is 12. The summed E-state index contributed by atoms with van der Waals surface area (Å²) in [6, 6.07) is 5.26. The molecule has 22 nitrogen and oxygen atoms in total. The van der Waals surface area contributed by atoms with Gasteiger partial charge in [-0.05, 0) is 31.5 Å². The molecule has 0 aliphatic carbocycles. The molecule has 0 saturated carbocycles. The molecule has 16 atom stereocenters. The Bertz CT molecular complexity index is 2040. The second-order valence-corrected chi connectivity index (χ2v) is 14.8. The van der Waals surface area contributed by atoms with Crippen molar-refractivity contribution in [2.24, 2.45) is 5.92 Å². The summed E-state index contributed by atoms with van der Waals surface area (Å²) in [6.07, 6.45) is -25.3. The van der Waals surface area contributed by atoms with Crippen molar-refractivity contribution in [1.29, 1.82) is 0 Å². The third-order valence-corrected chi connectivity index (χ3v) is 10.6. The number of aromatic hydroxyl groups is 3. The Hall–Kier alpha value is -4.40. The van der Waals surface area contributed by atoms with E-state index in [1.807, 2.05) is 0 Å². The van der Waals surface area contributed by atoms with Crippen LogP contribution in [-0.2, 0) is 28.5 Å². The van der Waals surface area contributed by atoms with Gasteiger partial charge in [-0.15, -0.1) is 0 Å². The largest absolute Gasteiger partial charge is 0.507 e. The van der Waals surface area contributed by atoms with Gasteiger partial charge in [-0.3, -0.25) is 9.59 Å². The van der Waals surface area contributed by atoms with E-state index in [1.165, 1.54) is 13.0 Å². The lowest BCUT2D eigenvalue weighted by atomic mass is 9.97. The summed E-state index contributed by atoms with van der Waals surface area (Å²) < 4.78 is 46.2. The topological polar surface area (TPSA) is 355 Å². The Morgan fingerprint density at radius 1 is 0.717 bits per heavy atom. The van der Waals surface area contributed by atoms with Gasteiger partial charge in [-0.25, -0.2) is 0 Å². The molecule has 60 heavy (non-hydrogen) atoms. The summed E-state index contributed by atoms with van der Waals surface area (Å²) in [7, 11) is 0. The summed E-state index contributed by atoms with van der Waals surface area (Å²) in [5.41, 5.74) is -1.64. The second-order valence-electron chi connectivity index (χ2n) is 14.8. The number of phenols is 3. The van der Waals surface area contributed by atoms with Crippen LogP contribution in [0.1, 0.15) is 27.2 Å². The normalized spacial score (nSPS) is 35.2. The maximum absolute atomic E-state index is 14.2. The number of aliphatic hydroxyl groups is 9. The molecular formula is C38H48O22. The Balaban J connectivity index is 1.41. The zero-order valence-electron chi connectivity index (χ0n) is 32.2. The van der Waals surface area contributed by atoms with Gasteiger partial charge < -0.3 is 98.9 Å². The molecule has 6 rings (SSSR count). The van der Waals surface area contributed by atoms with Crippen LogP contribution in [0, 0.1) is 5.92 Å². The van der Waals surface area contributed by atoms with Crippen LogP contribution in [0.25, 0.3) is 22.3 Å². The lowest BCUT2D eigenvalue weighted by Gasteiger charge is -2.46. The third kappa shape index (κ3) is 8.69. The van der Waals surface area contributed by atoms with Gasteiger partial charge in [0.05, 0.1) is 25.2 Å². The number of hydrogen-bond donors (Lipinski definition) is 12. The fourth-order valence-corrected chi connectivity index (χ4v) is 6.82. The van der Waals surface area contributed by atoms with E-state index in [2.05, 4.69) is 0 Å². The Morgan fingerprint density at radius 3 is 1.93 bits per heavy atom. The van der Waals surface area contributed by atoms with E-state index in [1.54, 1.807) is 13.8 Å². The second kappa shape index (κ2) is 18.3. The fourth-order valence-electron chi connectivity index (χ4n) is 6.82. The van der Waals surface area contributed by atoms with Crippen LogP contribution in [0.3, 0.4) is 0 Å². The number of carbonyl (C=O) groups is 1. The molecule has 332 valence electrons. The molecule has 0 amide bonds. The molecule has 0 unspecified atom stereocenters. The first-order valence-electron chi connectivity index (χ1n) is 18.9. The molecule has 3 aromatic rings. The summed E-state index contributed by atoms with van der Waals surface area (Å²) >= 11 is 0. The van der Waals surface area contributed by atoms with Crippen LogP contribution < -0.4 is 14.9 Å². The van der Waals surface area contributed by atoms with Gasteiger partial charge in [0.15, 0.2) is 29.7 Å². The van der Waals surface area contributed by atoms with Crippen LogP contribution in [0.2, 0.25) is 0 Å². The number of phenolic OH excluding ortho intramolecular Hbond substituents is 3. The van der Waals surface area contributed by atoms with Crippen molar-refractivity contribution in [1.82, 2.24) is 0 Å². The molecule has 2 aromatic carbocycles. The van der Waals surface area contributed by atoms with Crippen LogP contribution in [0.4, 0.5) is 0 Å². The van der Waals surface area contributed by atoms with Crippen LogP contribution >= 0.6 is 0 Å². The minimum Gasteiger partial charge on any atom is -0.507 e. The van der Waals surface area contributed by atoms with E-state index in [4.69, 9.17) is 37.6 Å². The van der Waals surface area contributed by atoms with E-state index in [9.17, 15) is 70.9 Å². The van der Waals surface area contributed by atoms with Gasteiger partial charge in [-0.2, -0.15) is 0 Å². The van der Waals surface area contributed by atoms with E-state index < -0.39 is 162 Å². The van der Waals surface area contributed by atoms with E-state index in [0.717, 1.165) is 24.3 Å². The van der Waals surface area contributed by atoms with Gasteiger partial charge in [0.1, 0.15) is 83.5 Å². The molecular weight excluding hydrogens is 808 g/mol. The number of aliphatic hydroxyl groups excluding tert-OH is 9. The number of ether oxygens (including phenoxy) is 7. The average Bonchev–Trinajstić information content (AvgIpc) is 3.22. The number of esters is 1. The minimum absolute atomic E-state index is 0.113. The predicted molar refractivity (Wildman–Crippen MR) is 196 cm³/mol. The maximum Gasteiger partial charge on any atom is 0.309 e. The molecule has 3 aliphatic heterocycles. The van der Waals surface area contributed by atoms with Crippen molar-refractivity contribution in [3.05, 3.63) is 40.6 Å². The average molecular weight is 857 g/mol. The molecule has 3 saturated heterocycles. The van der Waals surface area contributed by atoms with Crippen molar-refractivity contribution >= 4 is 16.9 Å². The summed E-state index contributed by atoms with van der Waals surface area (Å²) in [6.45, 7) is 3.02. The SMILES string of the molecule is CC[C@H](C)C(=O)O[C@H]1[C@H](Oc2cc(O)c3c(=O)c(O[C@H]4O[C@@H](CO)[C@H](O)[C@@H](O)[C@@H]4O)c(-c4ccc(O)c(O)c4)oc3c2)O[C@@H](C)[C@H](O)[C@H]1O[C@@H]1O[C@H](CO)[C@@H](O)[C@H](O)[C@H]1O. The zero-order chi connectivity index (χ0) is 43.9. The highest BCUT2D eigenvalue weighted by Gasteiger charge is 2.53.